The fourth-order valence-electron chi connectivity index (χ4n) is 3.13. The number of carbonyl (C=O) groups is 1. The fourth-order valence-corrected chi connectivity index (χ4v) is 4.84. The van der Waals surface area contributed by atoms with Gasteiger partial charge in [-0.25, -0.2) is 13.2 Å². The van der Waals surface area contributed by atoms with Gasteiger partial charge in [-0.1, -0.05) is 23.7 Å². The third kappa shape index (κ3) is 5.91. The summed E-state index contributed by atoms with van der Waals surface area (Å²) >= 11 is 7.60. The Kier molecular flexibility index (Phi) is 7.60. The Morgan fingerprint density at radius 1 is 1.16 bits per heavy atom. The van der Waals surface area contributed by atoms with Gasteiger partial charge in [0.25, 0.3) is 0 Å². The van der Waals surface area contributed by atoms with Crippen LogP contribution in [-0.4, -0.2) is 34.4 Å². The van der Waals surface area contributed by atoms with Crippen molar-refractivity contribution in [2.24, 2.45) is 0 Å². The molecule has 0 unspecified atom stereocenters. The third-order valence-electron chi connectivity index (χ3n) is 4.41. The van der Waals surface area contributed by atoms with Gasteiger partial charge in [0.1, 0.15) is 5.75 Å². The highest BCUT2D eigenvalue weighted by Crippen LogP contribution is 2.44. The number of ether oxygens (including phenoxy) is 2. The van der Waals surface area contributed by atoms with E-state index in [-0.39, 0.29) is 0 Å². The Balaban J connectivity index is 2.13. The van der Waals surface area contributed by atoms with Crippen LogP contribution < -0.4 is 9.46 Å². The van der Waals surface area contributed by atoms with Crippen LogP contribution in [0.1, 0.15) is 11.8 Å². The zero-order valence-electron chi connectivity index (χ0n) is 17.7. The molecular formula is C23H22ClNO5S2. The molecule has 168 valence electrons. The molecule has 9 heteroatoms. The minimum absolute atomic E-state index is 0.294. The van der Waals surface area contributed by atoms with Gasteiger partial charge >= 0.3 is 5.97 Å². The molecule has 0 aliphatic carbocycles. The topological polar surface area (TPSA) is 81.7 Å². The normalized spacial score (nSPS) is 11.5. The molecule has 32 heavy (non-hydrogen) atoms. The molecule has 0 radical (unpaired) electrons. The highest BCUT2D eigenvalue weighted by molar-refractivity contribution is 7.92. The van der Waals surface area contributed by atoms with Crippen molar-refractivity contribution in [2.75, 3.05) is 24.7 Å². The molecule has 0 saturated heterocycles. The Morgan fingerprint density at radius 3 is 2.50 bits per heavy atom. The summed E-state index contributed by atoms with van der Waals surface area (Å²) in [5.41, 5.74) is 3.93. The number of rotatable bonds is 8. The predicted molar refractivity (Wildman–Crippen MR) is 131 cm³/mol. The Bertz CT molecular complexity index is 1250. The molecule has 0 atom stereocenters. The minimum Gasteiger partial charge on any atom is -0.496 e. The number of methoxy groups -OCH3 is 1. The lowest BCUT2D eigenvalue weighted by molar-refractivity contribution is -0.137. The molecule has 0 fully saturated rings. The van der Waals surface area contributed by atoms with Gasteiger partial charge in [-0.15, -0.1) is 11.3 Å². The first-order chi connectivity index (χ1) is 15.2. The van der Waals surface area contributed by atoms with E-state index in [4.69, 9.17) is 21.1 Å². The van der Waals surface area contributed by atoms with Gasteiger partial charge in [0.05, 0.1) is 20.0 Å². The van der Waals surface area contributed by atoms with Gasteiger partial charge in [0, 0.05) is 38.4 Å². The number of esters is 1. The molecule has 0 saturated carbocycles. The molecule has 6 nitrogen and oxygen atoms in total. The molecule has 1 N–H and O–H groups in total. The van der Waals surface area contributed by atoms with Crippen LogP contribution in [0.15, 0.2) is 53.9 Å². The second-order valence-electron chi connectivity index (χ2n) is 6.77. The van der Waals surface area contributed by atoms with Gasteiger partial charge in [0.15, 0.2) is 0 Å². The summed E-state index contributed by atoms with van der Waals surface area (Å²) in [5.74, 6) is 0.193. The van der Waals surface area contributed by atoms with E-state index in [1.54, 1.807) is 44.4 Å². The predicted octanol–water partition coefficient (Wildman–Crippen LogP) is 5.69. The molecule has 0 aliphatic heterocycles. The summed E-state index contributed by atoms with van der Waals surface area (Å²) in [6.07, 6.45) is 4.21. The number of nitrogens with one attached hydrogen (secondary N) is 1. The van der Waals surface area contributed by atoms with E-state index in [0.717, 1.165) is 33.4 Å². The maximum Gasteiger partial charge on any atom is 0.330 e. The van der Waals surface area contributed by atoms with E-state index in [0.29, 0.717) is 23.1 Å². The molecule has 2 aromatic carbocycles. The average Bonchev–Trinajstić information content (AvgIpc) is 3.15. The highest BCUT2D eigenvalue weighted by Gasteiger charge is 2.18. The van der Waals surface area contributed by atoms with E-state index < -0.39 is 16.0 Å². The van der Waals surface area contributed by atoms with Crippen LogP contribution in [0.2, 0.25) is 5.02 Å². The maximum atomic E-state index is 11.9. The lowest BCUT2D eigenvalue weighted by atomic mass is 9.96. The zero-order chi connectivity index (χ0) is 23.3. The Hall–Kier alpha value is -2.81. The SMILES string of the molecule is CCOC(=O)/C=C/c1scc(-c2ccc(Cl)cc2OC)c1-c1ccc(NS(C)(=O)=O)cc1. The molecular weight excluding hydrogens is 470 g/mol. The van der Waals surface area contributed by atoms with Crippen LogP contribution in [0.25, 0.3) is 28.3 Å². The van der Waals surface area contributed by atoms with Gasteiger partial charge in [-0.2, -0.15) is 0 Å². The quantitative estimate of drug-likeness (QED) is 0.323. The monoisotopic (exact) mass is 491 g/mol. The van der Waals surface area contributed by atoms with Crippen molar-refractivity contribution >= 4 is 50.7 Å². The van der Waals surface area contributed by atoms with Gasteiger partial charge in [-0.05, 0) is 54.3 Å². The summed E-state index contributed by atoms with van der Waals surface area (Å²) in [7, 11) is -1.80. The van der Waals surface area contributed by atoms with Crippen LogP contribution in [0.5, 0.6) is 5.75 Å². The van der Waals surface area contributed by atoms with E-state index in [2.05, 4.69) is 4.72 Å². The average molecular weight is 492 g/mol. The number of halogens is 1. The first-order valence-corrected chi connectivity index (χ1v) is 12.7. The van der Waals surface area contributed by atoms with Crippen molar-refractivity contribution in [3.63, 3.8) is 0 Å². The van der Waals surface area contributed by atoms with E-state index in [1.165, 1.54) is 17.4 Å². The first kappa shape index (κ1) is 23.8. The number of anilines is 1. The molecule has 1 aromatic heterocycles. The number of hydrogen-bond acceptors (Lipinski definition) is 6. The van der Waals surface area contributed by atoms with Crippen molar-refractivity contribution in [3.8, 4) is 28.0 Å². The maximum absolute atomic E-state index is 11.9. The molecule has 1 heterocycles. The molecule has 0 spiro atoms. The molecule has 3 aromatic rings. The van der Waals surface area contributed by atoms with Crippen LogP contribution in [0, 0.1) is 0 Å². The number of carbonyl (C=O) groups excluding carboxylic acids is 1. The van der Waals surface area contributed by atoms with Crippen molar-refractivity contribution in [1.82, 2.24) is 0 Å². The summed E-state index contributed by atoms with van der Waals surface area (Å²) < 4.78 is 36.0. The number of sulfonamides is 1. The molecule has 0 bridgehead atoms. The second-order valence-corrected chi connectivity index (χ2v) is 9.87. The fraction of sp³-hybridized carbons (Fsp3) is 0.174. The van der Waals surface area contributed by atoms with Crippen molar-refractivity contribution < 1.29 is 22.7 Å². The first-order valence-electron chi connectivity index (χ1n) is 9.60. The van der Waals surface area contributed by atoms with Crippen LogP contribution in [-0.2, 0) is 19.6 Å². The van der Waals surface area contributed by atoms with Crippen molar-refractivity contribution in [3.05, 3.63) is 63.8 Å². The summed E-state index contributed by atoms with van der Waals surface area (Å²) in [5, 5.41) is 2.54. The van der Waals surface area contributed by atoms with Crippen molar-refractivity contribution in [2.45, 2.75) is 6.92 Å². The van der Waals surface area contributed by atoms with Gasteiger partial charge in [-0.3, -0.25) is 4.72 Å². The zero-order valence-corrected chi connectivity index (χ0v) is 20.1. The molecule has 0 amide bonds. The van der Waals surface area contributed by atoms with Crippen LogP contribution in [0.4, 0.5) is 5.69 Å². The number of thiophene rings is 1. The standard InChI is InChI=1S/C23H22ClNO5S2/c1-4-30-22(26)12-11-21-23(15-5-8-17(9-6-15)25-32(3,27)28)19(14-31-21)18-10-7-16(24)13-20(18)29-2/h5-14,25H,4H2,1-3H3/b12-11+. The lowest BCUT2D eigenvalue weighted by Gasteiger charge is -2.12. The lowest BCUT2D eigenvalue weighted by Crippen LogP contribution is -2.09. The minimum atomic E-state index is -3.38. The van der Waals surface area contributed by atoms with Gasteiger partial charge < -0.3 is 9.47 Å². The van der Waals surface area contributed by atoms with Crippen LogP contribution >= 0.6 is 22.9 Å². The smallest absolute Gasteiger partial charge is 0.330 e. The Morgan fingerprint density at radius 2 is 1.88 bits per heavy atom. The second kappa shape index (κ2) is 10.2. The van der Waals surface area contributed by atoms with Crippen molar-refractivity contribution in [1.29, 1.82) is 0 Å². The molecule has 3 rings (SSSR count). The number of benzene rings is 2. The number of hydrogen-bond donors (Lipinski definition) is 1. The summed E-state index contributed by atoms with van der Waals surface area (Å²) in [6.45, 7) is 2.04. The van der Waals surface area contributed by atoms with E-state index in [9.17, 15) is 13.2 Å². The van der Waals surface area contributed by atoms with Gasteiger partial charge in [0.2, 0.25) is 10.0 Å². The third-order valence-corrected chi connectivity index (χ3v) is 6.20. The van der Waals surface area contributed by atoms with E-state index in [1.807, 2.05) is 23.6 Å². The largest absolute Gasteiger partial charge is 0.496 e. The molecule has 0 aliphatic rings. The Labute approximate surface area is 196 Å². The highest BCUT2D eigenvalue weighted by atomic mass is 35.5. The van der Waals surface area contributed by atoms with Crippen LogP contribution in [0.3, 0.4) is 0 Å². The summed E-state index contributed by atoms with van der Waals surface area (Å²) in [4.78, 5) is 12.7. The summed E-state index contributed by atoms with van der Waals surface area (Å²) in [6, 6.07) is 12.4. The van der Waals surface area contributed by atoms with E-state index >= 15 is 0 Å².